The van der Waals surface area contributed by atoms with Crippen LogP contribution in [0.2, 0.25) is 0 Å². The second-order valence-electron chi connectivity index (χ2n) is 4.09. The number of nitrogens with zero attached hydrogens (tertiary/aromatic N) is 4. The van der Waals surface area contributed by atoms with Crippen molar-refractivity contribution < 1.29 is 13.9 Å². The summed E-state index contributed by atoms with van der Waals surface area (Å²) in [5.74, 6) is -1.04. The third kappa shape index (κ3) is 2.38. The molecule has 3 rings (SSSR count). The summed E-state index contributed by atoms with van der Waals surface area (Å²) in [5.41, 5.74) is 0.750. The van der Waals surface area contributed by atoms with Gasteiger partial charge in [0.2, 0.25) is 0 Å². The van der Waals surface area contributed by atoms with Crippen molar-refractivity contribution in [2.75, 3.05) is 7.11 Å². The quantitative estimate of drug-likeness (QED) is 0.664. The van der Waals surface area contributed by atoms with Gasteiger partial charge < -0.3 is 4.74 Å². The minimum atomic E-state index is -0.679. The van der Waals surface area contributed by atoms with Crippen molar-refractivity contribution >= 4 is 27.7 Å². The van der Waals surface area contributed by atoms with Crippen molar-refractivity contribution in [1.29, 1.82) is 0 Å². The zero-order valence-electron chi connectivity index (χ0n) is 10.7. The normalized spacial score (nSPS) is 10.8. The first-order valence-corrected chi connectivity index (χ1v) is 6.65. The maximum Gasteiger partial charge on any atom is 0.378 e. The Labute approximate surface area is 126 Å². The number of benzene rings is 1. The maximum absolute atomic E-state index is 14.0. The highest BCUT2D eigenvalue weighted by molar-refractivity contribution is 9.10. The van der Waals surface area contributed by atoms with Crippen LogP contribution in [0.25, 0.3) is 17.0 Å². The highest BCUT2D eigenvalue weighted by atomic mass is 79.9. The molecule has 1 aromatic carbocycles. The van der Waals surface area contributed by atoms with E-state index in [4.69, 9.17) is 0 Å². The number of carbonyl (C=O) groups excluding carboxylic acids is 1. The van der Waals surface area contributed by atoms with Crippen molar-refractivity contribution in [1.82, 2.24) is 19.6 Å². The number of fused-ring (bicyclic) bond motifs is 1. The fraction of sp³-hybridized carbons (Fsp3) is 0.0769. The molecule has 6 nitrogen and oxygen atoms in total. The van der Waals surface area contributed by atoms with E-state index in [1.165, 1.54) is 23.9 Å². The van der Waals surface area contributed by atoms with Crippen LogP contribution in [0.5, 0.6) is 0 Å². The van der Waals surface area contributed by atoms with Gasteiger partial charge in [0.15, 0.2) is 0 Å². The van der Waals surface area contributed by atoms with Crippen LogP contribution in [0.15, 0.2) is 34.9 Å². The van der Waals surface area contributed by atoms with Crippen LogP contribution in [-0.4, -0.2) is 32.7 Å². The van der Waals surface area contributed by atoms with Gasteiger partial charge in [0.1, 0.15) is 5.82 Å². The lowest BCUT2D eigenvalue weighted by atomic mass is 10.1. The summed E-state index contributed by atoms with van der Waals surface area (Å²) in [6.07, 6.45) is 1.47. The highest BCUT2D eigenvalue weighted by Crippen LogP contribution is 2.26. The van der Waals surface area contributed by atoms with Crippen molar-refractivity contribution in [3.63, 3.8) is 0 Å². The monoisotopic (exact) mass is 350 g/mol. The maximum atomic E-state index is 14.0. The first kappa shape index (κ1) is 13.6. The van der Waals surface area contributed by atoms with E-state index in [-0.39, 0.29) is 11.6 Å². The molecule has 3 aromatic rings. The van der Waals surface area contributed by atoms with Crippen molar-refractivity contribution in [2.45, 2.75) is 0 Å². The highest BCUT2D eigenvalue weighted by Gasteiger charge is 2.17. The Hall–Kier alpha value is -2.35. The molecule has 0 N–H and O–H groups in total. The molecule has 0 unspecified atom stereocenters. The number of halogens is 2. The lowest BCUT2D eigenvalue weighted by Crippen LogP contribution is -2.04. The molecule has 8 heteroatoms. The Morgan fingerprint density at radius 3 is 2.95 bits per heavy atom. The van der Waals surface area contributed by atoms with E-state index >= 15 is 0 Å². The summed E-state index contributed by atoms with van der Waals surface area (Å²) in [7, 11) is 1.23. The van der Waals surface area contributed by atoms with Gasteiger partial charge in [-0.15, -0.1) is 5.10 Å². The Morgan fingerprint density at radius 2 is 2.19 bits per heavy atom. The largest absolute Gasteiger partial charge is 0.463 e. The Morgan fingerprint density at radius 1 is 1.38 bits per heavy atom. The number of hydrogen-bond donors (Lipinski definition) is 0. The number of esters is 1. The summed E-state index contributed by atoms with van der Waals surface area (Å²) in [6.45, 7) is 0. The summed E-state index contributed by atoms with van der Waals surface area (Å²) in [4.78, 5) is 19.4. The number of aromatic nitrogens is 4. The van der Waals surface area contributed by atoms with Crippen LogP contribution in [0.1, 0.15) is 10.6 Å². The predicted octanol–water partition coefficient (Wildman–Crippen LogP) is 2.48. The zero-order chi connectivity index (χ0) is 15.0. The van der Waals surface area contributed by atoms with Crippen LogP contribution < -0.4 is 0 Å². The Bertz CT molecular complexity index is 849. The Balaban J connectivity index is 2.25. The van der Waals surface area contributed by atoms with E-state index in [0.717, 1.165) is 4.47 Å². The molecule has 0 spiro atoms. The number of ether oxygens (including phenoxy) is 1. The zero-order valence-corrected chi connectivity index (χ0v) is 12.3. The topological polar surface area (TPSA) is 69.4 Å². The first-order chi connectivity index (χ1) is 10.1. The van der Waals surface area contributed by atoms with E-state index in [9.17, 15) is 9.18 Å². The van der Waals surface area contributed by atoms with Crippen LogP contribution >= 0.6 is 15.9 Å². The SMILES string of the molecule is COC(=O)c1nc2nccc(-c3cc(Br)ccc3F)n2n1. The fourth-order valence-corrected chi connectivity index (χ4v) is 2.23. The predicted molar refractivity (Wildman–Crippen MR) is 75.2 cm³/mol. The van der Waals surface area contributed by atoms with E-state index in [1.54, 1.807) is 18.2 Å². The van der Waals surface area contributed by atoms with Crippen LogP contribution in [-0.2, 0) is 4.74 Å². The van der Waals surface area contributed by atoms with Gasteiger partial charge in [0, 0.05) is 16.2 Å². The fourth-order valence-electron chi connectivity index (χ4n) is 1.87. The molecule has 2 aromatic heterocycles. The first-order valence-electron chi connectivity index (χ1n) is 5.85. The van der Waals surface area contributed by atoms with Gasteiger partial charge in [-0.1, -0.05) is 15.9 Å². The van der Waals surface area contributed by atoms with Gasteiger partial charge in [0.05, 0.1) is 12.8 Å². The molecular weight excluding hydrogens is 343 g/mol. The minimum Gasteiger partial charge on any atom is -0.463 e. The lowest BCUT2D eigenvalue weighted by molar-refractivity contribution is 0.0587. The van der Waals surface area contributed by atoms with Crippen LogP contribution in [0.4, 0.5) is 4.39 Å². The van der Waals surface area contributed by atoms with Gasteiger partial charge in [-0.2, -0.15) is 9.50 Å². The summed E-state index contributed by atoms with van der Waals surface area (Å²) in [5, 5.41) is 4.02. The van der Waals surface area contributed by atoms with Gasteiger partial charge >= 0.3 is 5.97 Å². The molecule has 0 aliphatic rings. The van der Waals surface area contributed by atoms with Crippen LogP contribution in [0.3, 0.4) is 0 Å². The Kier molecular flexibility index (Phi) is 3.38. The van der Waals surface area contributed by atoms with Gasteiger partial charge in [-0.3, -0.25) is 0 Å². The molecule has 0 amide bonds. The van der Waals surface area contributed by atoms with Gasteiger partial charge in [-0.25, -0.2) is 14.2 Å². The average molecular weight is 351 g/mol. The summed E-state index contributed by atoms with van der Waals surface area (Å²) in [6, 6.07) is 6.14. The molecule has 0 saturated heterocycles. The number of methoxy groups -OCH3 is 1. The number of carbonyl (C=O) groups is 1. The third-order valence-corrected chi connectivity index (χ3v) is 3.31. The molecule has 0 aliphatic heterocycles. The third-order valence-electron chi connectivity index (χ3n) is 2.81. The van der Waals surface area contributed by atoms with Gasteiger partial charge in [-0.05, 0) is 24.3 Å². The molecule has 0 radical (unpaired) electrons. The number of hydrogen-bond acceptors (Lipinski definition) is 5. The second-order valence-corrected chi connectivity index (χ2v) is 5.01. The van der Waals surface area contributed by atoms with Crippen molar-refractivity contribution in [2.24, 2.45) is 0 Å². The average Bonchev–Trinajstić information content (AvgIpc) is 2.93. The molecule has 0 aliphatic carbocycles. The van der Waals surface area contributed by atoms with Crippen LogP contribution in [0, 0.1) is 5.82 Å². The molecule has 2 heterocycles. The van der Waals surface area contributed by atoms with E-state index < -0.39 is 11.8 Å². The van der Waals surface area contributed by atoms with E-state index in [2.05, 4.69) is 35.7 Å². The lowest BCUT2D eigenvalue weighted by Gasteiger charge is -2.05. The molecule has 106 valence electrons. The molecule has 0 bridgehead atoms. The molecular formula is C13H8BrFN4O2. The molecule has 0 atom stereocenters. The van der Waals surface area contributed by atoms with E-state index in [1.807, 2.05) is 0 Å². The molecule has 21 heavy (non-hydrogen) atoms. The second kappa shape index (κ2) is 5.21. The molecule has 0 fully saturated rings. The van der Waals surface area contributed by atoms with E-state index in [0.29, 0.717) is 11.3 Å². The van der Waals surface area contributed by atoms with Gasteiger partial charge in [0.25, 0.3) is 11.6 Å². The smallest absolute Gasteiger partial charge is 0.378 e. The minimum absolute atomic E-state index is 0.132. The number of rotatable bonds is 2. The summed E-state index contributed by atoms with van der Waals surface area (Å²) < 4.78 is 20.6. The summed E-state index contributed by atoms with van der Waals surface area (Å²) >= 11 is 3.30. The standard InChI is InChI=1S/C13H8BrFN4O2/c1-21-12(20)11-17-13-16-5-4-10(19(13)18-11)8-6-7(14)2-3-9(8)15/h2-6H,1H3. The van der Waals surface area contributed by atoms with Crippen molar-refractivity contribution in [3.05, 3.63) is 46.6 Å². The van der Waals surface area contributed by atoms with Crippen molar-refractivity contribution in [3.8, 4) is 11.3 Å². The molecule has 0 saturated carbocycles.